The van der Waals surface area contributed by atoms with Crippen molar-refractivity contribution in [2.45, 2.75) is 20.8 Å². The molecule has 0 radical (unpaired) electrons. The SMILES string of the molecule is COc1ccc(OCC(=O)c2cc(C)c(C)cc2C)cc1. The van der Waals surface area contributed by atoms with E-state index in [-0.39, 0.29) is 12.4 Å². The molecule has 0 N–H and O–H groups in total. The molecule has 0 heterocycles. The highest BCUT2D eigenvalue weighted by atomic mass is 16.5. The summed E-state index contributed by atoms with van der Waals surface area (Å²) in [6.07, 6.45) is 0. The van der Waals surface area contributed by atoms with E-state index in [1.165, 1.54) is 5.56 Å². The molecule has 2 aromatic rings. The Hall–Kier alpha value is -2.29. The fourth-order valence-corrected chi connectivity index (χ4v) is 2.16. The van der Waals surface area contributed by atoms with Gasteiger partial charge in [-0.2, -0.15) is 0 Å². The number of ether oxygens (including phenoxy) is 2. The van der Waals surface area contributed by atoms with Crippen molar-refractivity contribution in [3.8, 4) is 11.5 Å². The summed E-state index contributed by atoms with van der Waals surface area (Å²) < 4.78 is 10.6. The van der Waals surface area contributed by atoms with Gasteiger partial charge in [0.1, 0.15) is 11.5 Å². The Morgan fingerprint density at radius 2 is 1.48 bits per heavy atom. The van der Waals surface area contributed by atoms with E-state index in [4.69, 9.17) is 9.47 Å². The fourth-order valence-electron chi connectivity index (χ4n) is 2.16. The number of rotatable bonds is 5. The molecule has 2 rings (SSSR count). The van der Waals surface area contributed by atoms with Crippen LogP contribution in [0.15, 0.2) is 36.4 Å². The largest absolute Gasteiger partial charge is 0.497 e. The lowest BCUT2D eigenvalue weighted by atomic mass is 9.98. The van der Waals surface area contributed by atoms with Crippen LogP contribution in [0.3, 0.4) is 0 Å². The quantitative estimate of drug-likeness (QED) is 0.782. The summed E-state index contributed by atoms with van der Waals surface area (Å²) in [7, 11) is 1.61. The highest BCUT2D eigenvalue weighted by Gasteiger charge is 2.11. The zero-order valence-electron chi connectivity index (χ0n) is 12.9. The van der Waals surface area contributed by atoms with Gasteiger partial charge in [-0.1, -0.05) is 6.07 Å². The number of aryl methyl sites for hydroxylation is 3. The lowest BCUT2D eigenvalue weighted by Gasteiger charge is -2.10. The maximum absolute atomic E-state index is 12.3. The second-order valence-electron chi connectivity index (χ2n) is 5.14. The molecule has 0 amide bonds. The second kappa shape index (κ2) is 6.44. The van der Waals surface area contributed by atoms with Crippen LogP contribution in [0.5, 0.6) is 11.5 Å². The van der Waals surface area contributed by atoms with E-state index in [1.807, 2.05) is 32.9 Å². The smallest absolute Gasteiger partial charge is 0.200 e. The van der Waals surface area contributed by atoms with Crippen LogP contribution in [0.25, 0.3) is 0 Å². The summed E-state index contributed by atoms with van der Waals surface area (Å²) >= 11 is 0. The fraction of sp³-hybridized carbons (Fsp3) is 0.278. The minimum Gasteiger partial charge on any atom is -0.497 e. The summed E-state index contributed by atoms with van der Waals surface area (Å²) in [4.78, 5) is 12.3. The van der Waals surface area contributed by atoms with Gasteiger partial charge in [0, 0.05) is 5.56 Å². The Bertz CT molecular complexity index is 642. The molecule has 0 bridgehead atoms. The van der Waals surface area contributed by atoms with Gasteiger partial charge in [0.15, 0.2) is 12.4 Å². The number of methoxy groups -OCH3 is 1. The van der Waals surface area contributed by atoms with Gasteiger partial charge in [0.2, 0.25) is 0 Å². The van der Waals surface area contributed by atoms with Gasteiger partial charge in [-0.05, 0) is 67.8 Å². The highest BCUT2D eigenvalue weighted by Crippen LogP contribution is 2.19. The third-order valence-electron chi connectivity index (χ3n) is 3.57. The Labute approximate surface area is 125 Å². The highest BCUT2D eigenvalue weighted by molar-refractivity contribution is 5.98. The van der Waals surface area contributed by atoms with E-state index in [0.29, 0.717) is 5.75 Å². The zero-order chi connectivity index (χ0) is 15.4. The number of benzene rings is 2. The monoisotopic (exact) mass is 284 g/mol. The number of hydrogen-bond acceptors (Lipinski definition) is 3. The van der Waals surface area contributed by atoms with Gasteiger partial charge in [0.05, 0.1) is 7.11 Å². The maximum atomic E-state index is 12.3. The van der Waals surface area contributed by atoms with Crippen LogP contribution in [-0.4, -0.2) is 19.5 Å². The van der Waals surface area contributed by atoms with Crippen molar-refractivity contribution in [3.63, 3.8) is 0 Å². The van der Waals surface area contributed by atoms with Crippen LogP contribution in [0.4, 0.5) is 0 Å². The van der Waals surface area contributed by atoms with E-state index >= 15 is 0 Å². The molecule has 0 aliphatic carbocycles. The van der Waals surface area contributed by atoms with E-state index in [1.54, 1.807) is 31.4 Å². The van der Waals surface area contributed by atoms with Crippen molar-refractivity contribution in [2.24, 2.45) is 0 Å². The summed E-state index contributed by atoms with van der Waals surface area (Å²) in [5.74, 6) is 1.41. The number of ketones is 1. The van der Waals surface area contributed by atoms with Gasteiger partial charge in [0.25, 0.3) is 0 Å². The van der Waals surface area contributed by atoms with Crippen molar-refractivity contribution in [1.82, 2.24) is 0 Å². The molecule has 0 saturated heterocycles. The molecule has 0 fully saturated rings. The molecule has 0 aliphatic heterocycles. The van der Waals surface area contributed by atoms with Crippen molar-refractivity contribution < 1.29 is 14.3 Å². The number of Topliss-reactive ketones (excluding diaryl/α,β-unsaturated/α-hetero) is 1. The van der Waals surface area contributed by atoms with E-state index in [9.17, 15) is 4.79 Å². The molecule has 0 aliphatic rings. The predicted octanol–water partition coefficient (Wildman–Crippen LogP) is 3.88. The Balaban J connectivity index is 2.06. The number of carbonyl (C=O) groups excluding carboxylic acids is 1. The molecule has 0 spiro atoms. The third kappa shape index (κ3) is 3.63. The molecule has 3 nitrogen and oxygen atoms in total. The van der Waals surface area contributed by atoms with Gasteiger partial charge < -0.3 is 9.47 Å². The van der Waals surface area contributed by atoms with Crippen molar-refractivity contribution in [2.75, 3.05) is 13.7 Å². The first-order chi connectivity index (χ1) is 10.0. The normalized spacial score (nSPS) is 10.3. The van der Waals surface area contributed by atoms with E-state index < -0.39 is 0 Å². The molecular weight excluding hydrogens is 264 g/mol. The Morgan fingerprint density at radius 1 is 0.905 bits per heavy atom. The zero-order valence-corrected chi connectivity index (χ0v) is 12.9. The van der Waals surface area contributed by atoms with Crippen LogP contribution in [0, 0.1) is 20.8 Å². The predicted molar refractivity (Wildman–Crippen MR) is 83.5 cm³/mol. The standard InChI is InChI=1S/C18H20O3/c1-12-9-14(3)17(10-13(12)2)18(19)11-21-16-7-5-15(20-4)6-8-16/h5-10H,11H2,1-4H3. The molecule has 2 aromatic carbocycles. The van der Waals surface area contributed by atoms with Crippen LogP contribution in [0.2, 0.25) is 0 Å². The van der Waals surface area contributed by atoms with Crippen LogP contribution in [-0.2, 0) is 0 Å². The van der Waals surface area contributed by atoms with E-state index in [0.717, 1.165) is 22.4 Å². The molecule has 0 atom stereocenters. The van der Waals surface area contributed by atoms with Gasteiger partial charge in [-0.25, -0.2) is 0 Å². The number of hydrogen-bond donors (Lipinski definition) is 0. The lowest BCUT2D eigenvalue weighted by Crippen LogP contribution is -2.13. The van der Waals surface area contributed by atoms with Crippen molar-refractivity contribution >= 4 is 5.78 Å². The van der Waals surface area contributed by atoms with Crippen molar-refractivity contribution in [3.05, 3.63) is 58.7 Å². The molecular formula is C18H20O3. The molecule has 0 aromatic heterocycles. The third-order valence-corrected chi connectivity index (χ3v) is 3.57. The first-order valence-corrected chi connectivity index (χ1v) is 6.89. The summed E-state index contributed by atoms with van der Waals surface area (Å²) in [6.45, 7) is 6.04. The number of carbonyl (C=O) groups is 1. The first kappa shape index (κ1) is 15.1. The van der Waals surface area contributed by atoms with Gasteiger partial charge >= 0.3 is 0 Å². The Morgan fingerprint density at radius 3 is 2.10 bits per heavy atom. The van der Waals surface area contributed by atoms with Crippen molar-refractivity contribution in [1.29, 1.82) is 0 Å². The lowest BCUT2D eigenvalue weighted by molar-refractivity contribution is 0.0921. The molecule has 0 unspecified atom stereocenters. The average molecular weight is 284 g/mol. The van der Waals surface area contributed by atoms with E-state index in [2.05, 4.69) is 0 Å². The van der Waals surface area contributed by atoms with Gasteiger partial charge in [-0.3, -0.25) is 4.79 Å². The van der Waals surface area contributed by atoms with Crippen LogP contribution < -0.4 is 9.47 Å². The topological polar surface area (TPSA) is 35.5 Å². The van der Waals surface area contributed by atoms with Crippen LogP contribution in [0.1, 0.15) is 27.0 Å². The Kier molecular flexibility index (Phi) is 4.63. The molecule has 21 heavy (non-hydrogen) atoms. The maximum Gasteiger partial charge on any atom is 0.200 e. The molecule has 3 heteroatoms. The summed E-state index contributed by atoms with van der Waals surface area (Å²) in [5.41, 5.74) is 4.03. The first-order valence-electron chi connectivity index (χ1n) is 6.89. The summed E-state index contributed by atoms with van der Waals surface area (Å²) in [5, 5.41) is 0. The van der Waals surface area contributed by atoms with Gasteiger partial charge in [-0.15, -0.1) is 0 Å². The molecule has 110 valence electrons. The molecule has 0 saturated carbocycles. The average Bonchev–Trinajstić information content (AvgIpc) is 2.49. The van der Waals surface area contributed by atoms with Crippen LogP contribution >= 0.6 is 0 Å². The second-order valence-corrected chi connectivity index (χ2v) is 5.14. The minimum atomic E-state index is -0.00795. The minimum absolute atomic E-state index is 0.00795. The summed E-state index contributed by atoms with van der Waals surface area (Å²) in [6, 6.07) is 11.2.